The maximum atomic E-state index is 12.6. The molecule has 3 N–H and O–H groups in total. The summed E-state index contributed by atoms with van der Waals surface area (Å²) in [6.45, 7) is 1.19. The van der Waals surface area contributed by atoms with Gasteiger partial charge in [0.15, 0.2) is 5.52 Å². The molecular formula is C20H24Cl2N6O5. The number of methoxy groups -OCH3 is 1. The van der Waals surface area contributed by atoms with Gasteiger partial charge in [-0.25, -0.2) is 9.78 Å². The highest BCUT2D eigenvalue weighted by molar-refractivity contribution is 6.42. The third-order valence-electron chi connectivity index (χ3n) is 4.56. The zero-order valence-electron chi connectivity index (χ0n) is 18.1. The van der Waals surface area contributed by atoms with Crippen molar-refractivity contribution in [3.8, 4) is 0 Å². The number of aromatic amines is 1. The molecule has 0 aliphatic heterocycles. The van der Waals surface area contributed by atoms with Gasteiger partial charge >= 0.3 is 6.09 Å². The molecule has 33 heavy (non-hydrogen) atoms. The van der Waals surface area contributed by atoms with Gasteiger partial charge in [0, 0.05) is 20.7 Å². The maximum Gasteiger partial charge on any atom is 0.406 e. The number of halogens is 2. The quantitative estimate of drug-likeness (QED) is 0.367. The van der Waals surface area contributed by atoms with E-state index >= 15 is 0 Å². The normalized spacial score (nSPS) is 12.0. The Morgan fingerprint density at radius 2 is 2.09 bits per heavy atom. The molecule has 0 fully saturated rings. The van der Waals surface area contributed by atoms with E-state index in [9.17, 15) is 9.59 Å². The molecule has 11 nitrogen and oxygen atoms in total. The first-order chi connectivity index (χ1) is 15.9. The van der Waals surface area contributed by atoms with Crippen LogP contribution in [0.2, 0.25) is 10.0 Å². The van der Waals surface area contributed by atoms with Crippen LogP contribution < -0.4 is 16.2 Å². The van der Waals surface area contributed by atoms with E-state index in [-0.39, 0.29) is 25.4 Å². The largest absolute Gasteiger partial charge is 0.447 e. The zero-order chi connectivity index (χ0) is 23.8. The highest BCUT2D eigenvalue weighted by Gasteiger charge is 2.14. The van der Waals surface area contributed by atoms with Gasteiger partial charge in [-0.15, -0.1) is 0 Å². The van der Waals surface area contributed by atoms with Crippen molar-refractivity contribution in [1.29, 1.82) is 0 Å². The molecule has 13 heteroatoms. The average Bonchev–Trinajstić information content (AvgIpc) is 3.21. The number of benzene rings is 1. The number of nitrogens with zero attached hydrogens (tertiary/aromatic N) is 3. The van der Waals surface area contributed by atoms with Crippen LogP contribution in [0.3, 0.4) is 0 Å². The van der Waals surface area contributed by atoms with E-state index in [1.807, 2.05) is 6.07 Å². The molecule has 0 aliphatic rings. The Labute approximate surface area is 199 Å². The number of carbonyl (C=O) groups is 1. The first kappa shape index (κ1) is 24.8. The fourth-order valence-electron chi connectivity index (χ4n) is 2.97. The van der Waals surface area contributed by atoms with Gasteiger partial charge in [-0.3, -0.25) is 14.5 Å². The van der Waals surface area contributed by atoms with Crippen LogP contribution in [0.25, 0.3) is 11.0 Å². The Balaban J connectivity index is 1.61. The lowest BCUT2D eigenvalue weighted by atomic mass is 10.2. The predicted octanol–water partition coefficient (Wildman–Crippen LogP) is 2.43. The number of carbonyl (C=O) groups excluding carboxylic acids is 1. The molecular weight excluding hydrogens is 475 g/mol. The number of anilines is 1. The summed E-state index contributed by atoms with van der Waals surface area (Å²) in [6.07, 6.45) is 0.498. The number of ether oxygens (including phenoxy) is 3. The number of nitrogens with one attached hydrogen (secondary N) is 3. The van der Waals surface area contributed by atoms with E-state index in [4.69, 9.17) is 37.4 Å². The summed E-state index contributed by atoms with van der Waals surface area (Å²) in [6, 6.07) is 5.27. The van der Waals surface area contributed by atoms with Crippen molar-refractivity contribution in [2.75, 3.05) is 39.3 Å². The molecule has 1 atom stereocenters. The lowest BCUT2D eigenvalue weighted by Crippen LogP contribution is -2.31. The average molecular weight is 499 g/mol. The number of aromatic nitrogens is 4. The maximum absolute atomic E-state index is 12.6. The van der Waals surface area contributed by atoms with E-state index in [0.29, 0.717) is 40.1 Å². The van der Waals surface area contributed by atoms with Crippen LogP contribution in [0.5, 0.6) is 0 Å². The SMILES string of the molecule is CNC(=O)OCC(COC)OCCn1ncc2nc(NCc3ccc(Cl)c(Cl)c3)[nH]c(=O)c21. The summed E-state index contributed by atoms with van der Waals surface area (Å²) in [5.41, 5.74) is 1.30. The van der Waals surface area contributed by atoms with Crippen molar-refractivity contribution >= 4 is 46.3 Å². The van der Waals surface area contributed by atoms with Crippen LogP contribution >= 0.6 is 23.2 Å². The molecule has 1 aromatic carbocycles. The van der Waals surface area contributed by atoms with Crippen molar-refractivity contribution in [3.63, 3.8) is 0 Å². The Hall–Kier alpha value is -2.86. The van der Waals surface area contributed by atoms with E-state index in [1.165, 1.54) is 25.0 Å². The van der Waals surface area contributed by atoms with Gasteiger partial charge in [0.25, 0.3) is 5.56 Å². The smallest absolute Gasteiger partial charge is 0.406 e. The Morgan fingerprint density at radius 3 is 2.82 bits per heavy atom. The van der Waals surface area contributed by atoms with Gasteiger partial charge in [-0.05, 0) is 17.7 Å². The molecule has 2 aromatic heterocycles. The summed E-state index contributed by atoms with van der Waals surface area (Å²) in [4.78, 5) is 31.0. The minimum absolute atomic E-state index is 0.0311. The third-order valence-corrected chi connectivity index (χ3v) is 5.30. The van der Waals surface area contributed by atoms with Crippen molar-refractivity contribution < 1.29 is 19.0 Å². The molecule has 178 valence electrons. The van der Waals surface area contributed by atoms with Gasteiger partial charge < -0.3 is 24.8 Å². The minimum Gasteiger partial charge on any atom is -0.447 e. The Morgan fingerprint density at radius 1 is 1.27 bits per heavy atom. The summed E-state index contributed by atoms with van der Waals surface area (Å²) >= 11 is 12.0. The van der Waals surface area contributed by atoms with E-state index in [2.05, 4.69) is 25.7 Å². The fourth-order valence-corrected chi connectivity index (χ4v) is 3.29. The van der Waals surface area contributed by atoms with Crippen LogP contribution in [0.15, 0.2) is 29.2 Å². The highest BCUT2D eigenvalue weighted by Crippen LogP contribution is 2.22. The van der Waals surface area contributed by atoms with Crippen LogP contribution in [0.4, 0.5) is 10.7 Å². The standard InChI is InChI=1S/C20H24Cl2N6O5/c1-23-20(30)33-11-13(10-31-2)32-6-5-28-17-16(9-25-28)26-19(27-18(17)29)24-8-12-3-4-14(21)15(22)7-12/h3-4,7,9,13H,5-6,8,10-11H2,1-2H3,(H,23,30)(H2,24,26,27,29). The number of rotatable bonds is 11. The molecule has 0 saturated carbocycles. The summed E-state index contributed by atoms with van der Waals surface area (Å²) < 4.78 is 17.3. The van der Waals surface area contributed by atoms with Gasteiger partial charge in [-0.1, -0.05) is 29.3 Å². The Bertz CT molecular complexity index is 1150. The minimum atomic E-state index is -0.557. The van der Waals surface area contributed by atoms with E-state index in [0.717, 1.165) is 5.56 Å². The van der Waals surface area contributed by atoms with Gasteiger partial charge in [0.2, 0.25) is 5.95 Å². The second kappa shape index (κ2) is 11.8. The summed E-state index contributed by atoms with van der Waals surface area (Å²) in [7, 11) is 2.99. The third kappa shape index (κ3) is 6.81. The van der Waals surface area contributed by atoms with Gasteiger partial charge in [0.1, 0.15) is 18.2 Å². The van der Waals surface area contributed by atoms with Crippen molar-refractivity contribution in [2.45, 2.75) is 19.2 Å². The number of alkyl carbamates (subject to hydrolysis) is 1. The van der Waals surface area contributed by atoms with E-state index < -0.39 is 12.2 Å². The molecule has 0 aliphatic carbocycles. The van der Waals surface area contributed by atoms with Crippen LogP contribution in [-0.4, -0.2) is 65.9 Å². The zero-order valence-corrected chi connectivity index (χ0v) is 19.6. The molecule has 1 unspecified atom stereocenters. The predicted molar refractivity (Wildman–Crippen MR) is 124 cm³/mol. The van der Waals surface area contributed by atoms with Gasteiger partial charge in [-0.2, -0.15) is 5.10 Å². The van der Waals surface area contributed by atoms with Crippen LogP contribution in [0, 0.1) is 0 Å². The molecule has 0 radical (unpaired) electrons. The summed E-state index contributed by atoms with van der Waals surface area (Å²) in [5, 5.41) is 10.6. The Kier molecular flexibility index (Phi) is 8.89. The lowest BCUT2D eigenvalue weighted by molar-refractivity contribution is -0.0373. The van der Waals surface area contributed by atoms with Crippen molar-refractivity contribution in [1.82, 2.24) is 25.1 Å². The van der Waals surface area contributed by atoms with Crippen LogP contribution in [-0.2, 0) is 27.3 Å². The number of hydrogen-bond donors (Lipinski definition) is 3. The molecule has 2 heterocycles. The number of hydrogen-bond acceptors (Lipinski definition) is 8. The lowest BCUT2D eigenvalue weighted by Gasteiger charge is -2.17. The molecule has 1 amide bonds. The van der Waals surface area contributed by atoms with Crippen LogP contribution in [0.1, 0.15) is 5.56 Å². The highest BCUT2D eigenvalue weighted by atomic mass is 35.5. The van der Waals surface area contributed by atoms with Gasteiger partial charge in [0.05, 0.1) is 36.0 Å². The fraction of sp³-hybridized carbons (Fsp3) is 0.400. The number of amides is 1. The monoisotopic (exact) mass is 498 g/mol. The molecule has 3 rings (SSSR count). The molecule has 0 saturated heterocycles. The number of fused-ring (bicyclic) bond motifs is 1. The number of H-pyrrole nitrogens is 1. The second-order valence-electron chi connectivity index (χ2n) is 6.91. The first-order valence-corrected chi connectivity index (χ1v) is 10.8. The molecule has 0 bridgehead atoms. The molecule has 0 spiro atoms. The van der Waals surface area contributed by atoms with Crippen molar-refractivity contribution in [3.05, 3.63) is 50.4 Å². The van der Waals surface area contributed by atoms with E-state index in [1.54, 1.807) is 12.1 Å². The topological polar surface area (TPSA) is 132 Å². The first-order valence-electron chi connectivity index (χ1n) is 10.00. The summed E-state index contributed by atoms with van der Waals surface area (Å²) in [5.74, 6) is 0.306. The second-order valence-corrected chi connectivity index (χ2v) is 7.73. The van der Waals surface area contributed by atoms with Crippen molar-refractivity contribution in [2.24, 2.45) is 0 Å². The molecule has 3 aromatic rings.